The number of carbonyl (C=O) groups is 2. The van der Waals surface area contributed by atoms with Crippen LogP contribution >= 0.6 is 0 Å². The van der Waals surface area contributed by atoms with Gasteiger partial charge < -0.3 is 18.9 Å². The number of nitrogens with one attached hydrogen (secondary N) is 1. The molecule has 0 saturated carbocycles. The maximum absolute atomic E-state index is 11.8. The van der Waals surface area contributed by atoms with E-state index >= 15 is 0 Å². The highest BCUT2D eigenvalue weighted by Crippen LogP contribution is 2.32. The summed E-state index contributed by atoms with van der Waals surface area (Å²) in [5.41, 5.74) is 0.396. The summed E-state index contributed by atoms with van der Waals surface area (Å²) in [5.74, 6) is -0.496. The minimum absolute atomic E-state index is 0.0503. The first-order valence-electron chi connectivity index (χ1n) is 7.59. The Hall–Kier alpha value is -1.96. The quantitative estimate of drug-likeness (QED) is 0.827. The van der Waals surface area contributed by atoms with E-state index in [0.29, 0.717) is 25.2 Å². The maximum Gasteiger partial charge on any atom is 0.414 e. The third-order valence-corrected chi connectivity index (χ3v) is 3.74. The second kappa shape index (κ2) is 7.08. The summed E-state index contributed by atoms with van der Waals surface area (Å²) in [4.78, 5) is 23.6. The highest BCUT2D eigenvalue weighted by molar-refractivity contribution is 6.02. The third kappa shape index (κ3) is 4.28. The summed E-state index contributed by atoms with van der Waals surface area (Å²) in [6, 6.07) is 8.47. The van der Waals surface area contributed by atoms with E-state index in [9.17, 15) is 9.59 Å². The van der Waals surface area contributed by atoms with Crippen molar-refractivity contribution in [3.63, 3.8) is 0 Å². The Kier molecular flexibility index (Phi) is 4.90. The molecule has 7 nitrogen and oxygen atoms in total. The molecule has 2 aliphatic rings. The fraction of sp³-hybridized carbons (Fsp3) is 0.500. The summed E-state index contributed by atoms with van der Waals surface area (Å²) >= 11 is 0. The van der Waals surface area contributed by atoms with Crippen LogP contribution in [-0.2, 0) is 18.9 Å². The standard InChI is InChI=1S/C16H19NO6/c1-10(14-12(23-14)9-13-20-7-8-21-13)22-16(19)17-15(18)11-5-3-2-4-6-11/h2-6,10,12-14H,7-9H2,1H3,(H,17,18,19)/t10-,12-,14-/m0/s1. The molecule has 0 spiro atoms. The van der Waals surface area contributed by atoms with Gasteiger partial charge in [0.1, 0.15) is 12.2 Å². The van der Waals surface area contributed by atoms with Crippen molar-refractivity contribution in [2.45, 2.75) is 37.9 Å². The largest absolute Gasteiger partial charge is 0.443 e. The van der Waals surface area contributed by atoms with E-state index in [4.69, 9.17) is 18.9 Å². The molecule has 2 heterocycles. The summed E-state index contributed by atoms with van der Waals surface area (Å²) in [6.45, 7) is 2.92. The second-order valence-corrected chi connectivity index (χ2v) is 5.48. The highest BCUT2D eigenvalue weighted by atomic mass is 16.7. The Bertz CT molecular complexity index is 557. The van der Waals surface area contributed by atoms with Crippen LogP contribution in [0.1, 0.15) is 23.7 Å². The maximum atomic E-state index is 11.8. The van der Waals surface area contributed by atoms with E-state index in [-0.39, 0.29) is 18.5 Å². The SMILES string of the molecule is C[C@H](OC(=O)NC(=O)c1ccccc1)[C@@H]1O[C@H]1CC1OCCO1. The number of carbonyl (C=O) groups excluding carboxylic acids is 2. The van der Waals surface area contributed by atoms with E-state index in [2.05, 4.69) is 5.32 Å². The summed E-state index contributed by atoms with van der Waals surface area (Å²) in [6.07, 6.45) is -1.11. The lowest BCUT2D eigenvalue weighted by molar-refractivity contribution is -0.0506. The molecule has 2 saturated heterocycles. The molecule has 1 N–H and O–H groups in total. The van der Waals surface area contributed by atoms with Crippen LogP contribution in [0.15, 0.2) is 30.3 Å². The molecule has 0 unspecified atom stereocenters. The topological polar surface area (TPSA) is 86.4 Å². The van der Waals surface area contributed by atoms with Gasteiger partial charge in [-0.3, -0.25) is 10.1 Å². The van der Waals surface area contributed by atoms with Crippen molar-refractivity contribution in [2.24, 2.45) is 0 Å². The third-order valence-electron chi connectivity index (χ3n) is 3.74. The molecular weight excluding hydrogens is 302 g/mol. The zero-order valence-corrected chi connectivity index (χ0v) is 12.8. The van der Waals surface area contributed by atoms with Gasteiger partial charge in [0.15, 0.2) is 6.29 Å². The molecule has 0 aliphatic carbocycles. The molecular formula is C16H19NO6. The van der Waals surface area contributed by atoms with Crippen LogP contribution in [0.5, 0.6) is 0 Å². The van der Waals surface area contributed by atoms with Crippen LogP contribution in [0.4, 0.5) is 4.79 Å². The normalized spacial score (nSPS) is 24.9. The minimum atomic E-state index is -0.783. The monoisotopic (exact) mass is 321 g/mol. The van der Waals surface area contributed by atoms with Crippen molar-refractivity contribution < 1.29 is 28.5 Å². The van der Waals surface area contributed by atoms with Crippen molar-refractivity contribution in [3.8, 4) is 0 Å². The molecule has 0 aromatic heterocycles. The number of ether oxygens (including phenoxy) is 4. The van der Waals surface area contributed by atoms with Gasteiger partial charge in [-0.25, -0.2) is 4.79 Å². The first-order valence-corrected chi connectivity index (χ1v) is 7.59. The molecule has 0 radical (unpaired) electrons. The number of imide groups is 1. The number of epoxide rings is 1. The first kappa shape index (κ1) is 15.9. The summed E-state index contributed by atoms with van der Waals surface area (Å²) in [7, 11) is 0. The van der Waals surface area contributed by atoms with Gasteiger partial charge in [-0.2, -0.15) is 0 Å². The zero-order chi connectivity index (χ0) is 16.2. The first-order chi connectivity index (χ1) is 11.1. The summed E-state index contributed by atoms with van der Waals surface area (Å²) in [5, 5.41) is 2.19. The van der Waals surface area contributed by atoms with Gasteiger partial charge in [0.2, 0.25) is 0 Å². The molecule has 7 heteroatoms. The van der Waals surface area contributed by atoms with E-state index in [1.54, 1.807) is 37.3 Å². The molecule has 1 aromatic rings. The molecule has 2 fully saturated rings. The molecule has 23 heavy (non-hydrogen) atoms. The number of benzene rings is 1. The Labute approximate surface area is 133 Å². The van der Waals surface area contributed by atoms with Gasteiger partial charge in [0.25, 0.3) is 5.91 Å². The minimum Gasteiger partial charge on any atom is -0.443 e. The van der Waals surface area contributed by atoms with Gasteiger partial charge in [0.05, 0.1) is 19.3 Å². The molecule has 1 aromatic carbocycles. The van der Waals surface area contributed by atoms with Gasteiger partial charge >= 0.3 is 6.09 Å². The predicted molar refractivity (Wildman–Crippen MR) is 78.8 cm³/mol. The van der Waals surface area contributed by atoms with E-state index in [1.165, 1.54) is 0 Å². The van der Waals surface area contributed by atoms with E-state index in [0.717, 1.165) is 0 Å². The van der Waals surface area contributed by atoms with Crippen LogP contribution in [0.2, 0.25) is 0 Å². The predicted octanol–water partition coefficient (Wildman–Crippen LogP) is 1.47. The fourth-order valence-electron chi connectivity index (χ4n) is 2.51. The molecule has 2 amide bonds. The Morgan fingerprint density at radius 1 is 1.26 bits per heavy atom. The number of rotatable bonds is 5. The van der Waals surface area contributed by atoms with Crippen LogP contribution < -0.4 is 5.32 Å². The van der Waals surface area contributed by atoms with Crippen LogP contribution in [-0.4, -0.2) is 49.8 Å². The summed E-state index contributed by atoms with van der Waals surface area (Å²) < 4.78 is 21.4. The number of amides is 2. The van der Waals surface area contributed by atoms with Gasteiger partial charge in [0, 0.05) is 12.0 Å². The highest BCUT2D eigenvalue weighted by Gasteiger charge is 2.46. The van der Waals surface area contributed by atoms with Gasteiger partial charge in [-0.05, 0) is 19.1 Å². The van der Waals surface area contributed by atoms with Gasteiger partial charge in [-0.1, -0.05) is 18.2 Å². The van der Waals surface area contributed by atoms with Crippen LogP contribution in [0.3, 0.4) is 0 Å². The van der Waals surface area contributed by atoms with Crippen molar-refractivity contribution in [2.75, 3.05) is 13.2 Å². The van der Waals surface area contributed by atoms with E-state index < -0.39 is 18.1 Å². The lowest BCUT2D eigenvalue weighted by atomic mass is 10.1. The molecule has 2 aliphatic heterocycles. The van der Waals surface area contributed by atoms with Crippen LogP contribution in [0, 0.1) is 0 Å². The lowest BCUT2D eigenvalue weighted by Gasteiger charge is -2.12. The van der Waals surface area contributed by atoms with Crippen LogP contribution in [0.25, 0.3) is 0 Å². The second-order valence-electron chi connectivity index (χ2n) is 5.48. The average Bonchev–Trinajstić information content (AvgIpc) is 3.11. The number of hydrogen-bond acceptors (Lipinski definition) is 6. The molecule has 0 bridgehead atoms. The Morgan fingerprint density at radius 2 is 1.96 bits per heavy atom. The number of hydrogen-bond donors (Lipinski definition) is 1. The average molecular weight is 321 g/mol. The van der Waals surface area contributed by atoms with Crippen molar-refractivity contribution in [1.82, 2.24) is 5.32 Å². The number of alkyl carbamates (subject to hydrolysis) is 1. The molecule has 3 atom stereocenters. The zero-order valence-electron chi connectivity index (χ0n) is 12.8. The van der Waals surface area contributed by atoms with Crippen molar-refractivity contribution in [3.05, 3.63) is 35.9 Å². The smallest absolute Gasteiger partial charge is 0.414 e. The Balaban J connectivity index is 1.40. The lowest BCUT2D eigenvalue weighted by Crippen LogP contribution is -2.35. The van der Waals surface area contributed by atoms with Gasteiger partial charge in [-0.15, -0.1) is 0 Å². The molecule has 3 rings (SSSR count). The van der Waals surface area contributed by atoms with Crippen molar-refractivity contribution in [1.29, 1.82) is 0 Å². The fourth-order valence-corrected chi connectivity index (χ4v) is 2.51. The van der Waals surface area contributed by atoms with Crippen molar-refractivity contribution >= 4 is 12.0 Å². The van der Waals surface area contributed by atoms with E-state index in [1.807, 2.05) is 0 Å². The molecule has 124 valence electrons. The Morgan fingerprint density at radius 3 is 2.65 bits per heavy atom.